The molecule has 0 aromatic carbocycles. The second-order valence-corrected chi connectivity index (χ2v) is 5.83. The van der Waals surface area contributed by atoms with E-state index in [2.05, 4.69) is 10.3 Å². The van der Waals surface area contributed by atoms with E-state index in [0.29, 0.717) is 24.3 Å². The third kappa shape index (κ3) is 2.11. The summed E-state index contributed by atoms with van der Waals surface area (Å²) in [7, 11) is 1.87. The van der Waals surface area contributed by atoms with Crippen LogP contribution >= 0.6 is 0 Å². The highest BCUT2D eigenvalue weighted by Gasteiger charge is 2.25. The Labute approximate surface area is 128 Å². The summed E-state index contributed by atoms with van der Waals surface area (Å²) >= 11 is 0. The fourth-order valence-electron chi connectivity index (χ4n) is 3.30. The van der Waals surface area contributed by atoms with Crippen LogP contribution < -0.4 is 16.6 Å². The summed E-state index contributed by atoms with van der Waals surface area (Å²) in [5.74, 6) is 0.850. The standard InChI is InChI=1S/C15H23N5O2/c1-4-9-20-13-11(14(21)19(5-2)15(20)22)18(3)12(17-13)10-7-6-8-16-10/h10,16H,4-9H2,1-3H3. The topological polar surface area (TPSA) is 73.8 Å². The van der Waals surface area contributed by atoms with Gasteiger partial charge >= 0.3 is 5.69 Å². The number of nitrogens with zero attached hydrogens (tertiary/aromatic N) is 4. The van der Waals surface area contributed by atoms with Gasteiger partial charge in [0.25, 0.3) is 5.56 Å². The van der Waals surface area contributed by atoms with Crippen molar-refractivity contribution in [1.82, 2.24) is 24.0 Å². The van der Waals surface area contributed by atoms with Crippen LogP contribution in [0.1, 0.15) is 45.0 Å². The molecule has 0 radical (unpaired) electrons. The van der Waals surface area contributed by atoms with Gasteiger partial charge in [0.2, 0.25) is 0 Å². The van der Waals surface area contributed by atoms with E-state index < -0.39 is 0 Å². The lowest BCUT2D eigenvalue weighted by atomic mass is 10.2. The SMILES string of the molecule is CCCn1c(=O)n(CC)c(=O)c2c1nc(C1CCCN1)n2C. The zero-order chi connectivity index (χ0) is 15.9. The molecule has 22 heavy (non-hydrogen) atoms. The maximum absolute atomic E-state index is 12.7. The molecule has 7 nitrogen and oxygen atoms in total. The average Bonchev–Trinajstić information content (AvgIpc) is 3.12. The number of hydrogen-bond acceptors (Lipinski definition) is 4. The Balaban J connectivity index is 2.35. The third-order valence-electron chi connectivity index (χ3n) is 4.41. The van der Waals surface area contributed by atoms with Crippen molar-refractivity contribution in [3.63, 3.8) is 0 Å². The van der Waals surface area contributed by atoms with Crippen LogP contribution in [0.2, 0.25) is 0 Å². The number of imidazole rings is 1. The van der Waals surface area contributed by atoms with Gasteiger partial charge in [0, 0.05) is 20.1 Å². The van der Waals surface area contributed by atoms with Gasteiger partial charge in [-0.15, -0.1) is 0 Å². The van der Waals surface area contributed by atoms with Gasteiger partial charge in [-0.25, -0.2) is 9.78 Å². The fourth-order valence-corrected chi connectivity index (χ4v) is 3.30. The minimum atomic E-state index is -0.258. The Morgan fingerprint density at radius 1 is 1.27 bits per heavy atom. The van der Waals surface area contributed by atoms with Crippen molar-refractivity contribution in [2.75, 3.05) is 6.54 Å². The molecule has 1 fully saturated rings. The largest absolute Gasteiger partial charge is 0.332 e. The van der Waals surface area contributed by atoms with Crippen LogP contribution in [0.5, 0.6) is 0 Å². The first kappa shape index (κ1) is 15.0. The molecule has 7 heteroatoms. The number of hydrogen-bond donors (Lipinski definition) is 1. The maximum Gasteiger partial charge on any atom is 0.332 e. The summed E-state index contributed by atoms with van der Waals surface area (Å²) in [5.41, 5.74) is 0.548. The molecule has 1 atom stereocenters. The molecular formula is C15H23N5O2. The van der Waals surface area contributed by atoms with Crippen molar-refractivity contribution in [2.45, 2.75) is 52.2 Å². The molecule has 3 rings (SSSR count). The number of nitrogens with one attached hydrogen (secondary N) is 1. The lowest BCUT2D eigenvalue weighted by Gasteiger charge is -2.10. The van der Waals surface area contributed by atoms with Gasteiger partial charge in [0.1, 0.15) is 5.82 Å². The average molecular weight is 305 g/mol. The van der Waals surface area contributed by atoms with E-state index in [1.165, 1.54) is 4.57 Å². The Morgan fingerprint density at radius 2 is 2.05 bits per heavy atom. The van der Waals surface area contributed by atoms with E-state index in [4.69, 9.17) is 0 Å². The molecule has 0 spiro atoms. The van der Waals surface area contributed by atoms with Gasteiger partial charge in [0.15, 0.2) is 11.2 Å². The smallest absolute Gasteiger partial charge is 0.324 e. The molecule has 1 unspecified atom stereocenters. The van der Waals surface area contributed by atoms with Crippen LogP contribution in [-0.4, -0.2) is 25.2 Å². The number of fused-ring (bicyclic) bond motifs is 1. The lowest BCUT2D eigenvalue weighted by Crippen LogP contribution is -2.40. The van der Waals surface area contributed by atoms with Crippen molar-refractivity contribution in [1.29, 1.82) is 0 Å². The quantitative estimate of drug-likeness (QED) is 0.904. The van der Waals surface area contributed by atoms with Crippen LogP contribution in [0.4, 0.5) is 0 Å². The first-order valence-electron chi connectivity index (χ1n) is 8.03. The number of aryl methyl sites for hydroxylation is 2. The first-order chi connectivity index (χ1) is 10.6. The molecule has 1 N–H and O–H groups in total. The molecule has 0 saturated carbocycles. The minimum absolute atomic E-state index is 0.164. The fraction of sp³-hybridized carbons (Fsp3) is 0.667. The second-order valence-electron chi connectivity index (χ2n) is 5.83. The summed E-state index contributed by atoms with van der Waals surface area (Å²) in [6.45, 7) is 5.75. The molecule has 1 saturated heterocycles. The van der Waals surface area contributed by atoms with Crippen molar-refractivity contribution >= 4 is 11.2 Å². The molecule has 0 amide bonds. The van der Waals surface area contributed by atoms with E-state index in [1.54, 1.807) is 4.57 Å². The zero-order valence-electron chi connectivity index (χ0n) is 13.4. The van der Waals surface area contributed by atoms with E-state index in [-0.39, 0.29) is 17.3 Å². The highest BCUT2D eigenvalue weighted by molar-refractivity contribution is 5.71. The zero-order valence-corrected chi connectivity index (χ0v) is 13.4. The highest BCUT2D eigenvalue weighted by Crippen LogP contribution is 2.24. The molecule has 0 bridgehead atoms. The van der Waals surface area contributed by atoms with Crippen LogP contribution in [0.15, 0.2) is 9.59 Å². The molecule has 2 aromatic heterocycles. The van der Waals surface area contributed by atoms with Crippen molar-refractivity contribution in [2.24, 2.45) is 7.05 Å². The molecule has 1 aliphatic heterocycles. The normalized spacial score (nSPS) is 18.4. The van der Waals surface area contributed by atoms with Crippen molar-refractivity contribution < 1.29 is 0 Å². The Bertz CT molecular complexity index is 808. The van der Waals surface area contributed by atoms with Gasteiger partial charge in [-0.2, -0.15) is 0 Å². The van der Waals surface area contributed by atoms with Gasteiger partial charge in [0.05, 0.1) is 6.04 Å². The molecule has 3 heterocycles. The van der Waals surface area contributed by atoms with Crippen LogP contribution in [0.3, 0.4) is 0 Å². The van der Waals surface area contributed by atoms with E-state index in [1.807, 2.05) is 25.5 Å². The molecule has 2 aromatic rings. The van der Waals surface area contributed by atoms with Crippen LogP contribution in [0.25, 0.3) is 11.2 Å². The van der Waals surface area contributed by atoms with E-state index in [0.717, 1.165) is 31.6 Å². The van der Waals surface area contributed by atoms with Gasteiger partial charge in [-0.05, 0) is 32.7 Å². The Kier molecular flexibility index (Phi) is 3.90. The van der Waals surface area contributed by atoms with Gasteiger partial charge in [-0.1, -0.05) is 6.92 Å². The Morgan fingerprint density at radius 3 is 2.64 bits per heavy atom. The van der Waals surface area contributed by atoms with Crippen LogP contribution in [0, 0.1) is 0 Å². The number of aromatic nitrogens is 4. The summed E-state index contributed by atoms with van der Waals surface area (Å²) in [6.07, 6.45) is 2.94. The van der Waals surface area contributed by atoms with E-state index in [9.17, 15) is 9.59 Å². The highest BCUT2D eigenvalue weighted by atomic mass is 16.2. The Hall–Kier alpha value is -1.89. The molecular weight excluding hydrogens is 282 g/mol. The van der Waals surface area contributed by atoms with Crippen LogP contribution in [-0.2, 0) is 20.1 Å². The maximum atomic E-state index is 12.7. The summed E-state index contributed by atoms with van der Waals surface area (Å²) in [5, 5.41) is 3.41. The number of rotatable bonds is 4. The predicted octanol–water partition coefficient (Wildman–Crippen LogP) is 0.751. The summed E-state index contributed by atoms with van der Waals surface area (Å²) < 4.78 is 4.79. The predicted molar refractivity (Wildman–Crippen MR) is 85.2 cm³/mol. The molecule has 0 aliphatic carbocycles. The summed E-state index contributed by atoms with van der Waals surface area (Å²) in [4.78, 5) is 29.8. The summed E-state index contributed by atoms with van der Waals surface area (Å²) in [6, 6.07) is 0.164. The second kappa shape index (κ2) is 5.72. The molecule has 1 aliphatic rings. The lowest BCUT2D eigenvalue weighted by molar-refractivity contribution is 0.578. The van der Waals surface area contributed by atoms with Crippen molar-refractivity contribution in [3.05, 3.63) is 26.7 Å². The monoisotopic (exact) mass is 305 g/mol. The molecule has 120 valence electrons. The first-order valence-corrected chi connectivity index (χ1v) is 8.03. The van der Waals surface area contributed by atoms with Crippen molar-refractivity contribution in [3.8, 4) is 0 Å². The minimum Gasteiger partial charge on any atom is -0.324 e. The van der Waals surface area contributed by atoms with Gasteiger partial charge in [-0.3, -0.25) is 13.9 Å². The van der Waals surface area contributed by atoms with E-state index >= 15 is 0 Å². The van der Waals surface area contributed by atoms with Gasteiger partial charge < -0.3 is 9.88 Å². The third-order valence-corrected chi connectivity index (χ3v) is 4.41.